The summed E-state index contributed by atoms with van der Waals surface area (Å²) in [5.74, 6) is 0. The predicted octanol–water partition coefficient (Wildman–Crippen LogP) is 3.74. The Labute approximate surface area is 105 Å². The minimum absolute atomic E-state index is 0.189. The molecule has 0 fully saturated rings. The van der Waals surface area contributed by atoms with Crippen LogP contribution in [0.3, 0.4) is 0 Å². The number of aliphatic hydroxyl groups is 1. The Morgan fingerprint density at radius 3 is 2.41 bits per heavy atom. The summed E-state index contributed by atoms with van der Waals surface area (Å²) >= 11 is 0. The second-order valence-electron chi connectivity index (χ2n) is 4.74. The van der Waals surface area contributed by atoms with Gasteiger partial charge in [0, 0.05) is 11.7 Å². The minimum Gasteiger partial charge on any atom is -0.394 e. The monoisotopic (exact) mass is 235 g/mol. The molecule has 0 radical (unpaired) electrons. The number of benzene rings is 1. The summed E-state index contributed by atoms with van der Waals surface area (Å²) in [4.78, 5) is 0. The van der Waals surface area contributed by atoms with E-state index in [2.05, 4.69) is 43.4 Å². The van der Waals surface area contributed by atoms with Crippen molar-refractivity contribution < 1.29 is 5.11 Å². The molecule has 0 amide bonds. The van der Waals surface area contributed by atoms with Crippen molar-refractivity contribution >= 4 is 5.69 Å². The summed E-state index contributed by atoms with van der Waals surface area (Å²) < 4.78 is 0. The van der Waals surface area contributed by atoms with E-state index >= 15 is 0 Å². The molecular weight excluding hydrogens is 210 g/mol. The Bertz CT molecular complexity index is 294. The van der Waals surface area contributed by atoms with Crippen LogP contribution in [0.5, 0.6) is 0 Å². The third-order valence-corrected chi connectivity index (χ3v) is 3.05. The van der Waals surface area contributed by atoms with Crippen molar-refractivity contribution in [2.45, 2.75) is 52.0 Å². The summed E-state index contributed by atoms with van der Waals surface area (Å²) in [6.07, 6.45) is 6.06. The zero-order chi connectivity index (χ0) is 12.5. The number of aryl methyl sites for hydroxylation is 1. The van der Waals surface area contributed by atoms with Gasteiger partial charge in [-0.2, -0.15) is 0 Å². The first-order valence-corrected chi connectivity index (χ1v) is 6.70. The lowest BCUT2D eigenvalue weighted by Crippen LogP contribution is -2.23. The van der Waals surface area contributed by atoms with Crippen molar-refractivity contribution in [1.82, 2.24) is 0 Å². The van der Waals surface area contributed by atoms with Crippen LogP contribution in [-0.4, -0.2) is 17.8 Å². The molecule has 0 spiro atoms. The highest BCUT2D eigenvalue weighted by Gasteiger charge is 2.06. The third-order valence-electron chi connectivity index (χ3n) is 3.05. The maximum atomic E-state index is 9.34. The molecule has 1 unspecified atom stereocenters. The molecule has 2 heteroatoms. The molecule has 0 aliphatic heterocycles. The molecule has 2 N–H and O–H groups in total. The van der Waals surface area contributed by atoms with E-state index in [1.165, 1.54) is 31.2 Å². The average molecular weight is 235 g/mol. The van der Waals surface area contributed by atoms with Gasteiger partial charge in [-0.3, -0.25) is 0 Å². The molecule has 2 nitrogen and oxygen atoms in total. The van der Waals surface area contributed by atoms with E-state index in [1.807, 2.05) is 0 Å². The summed E-state index contributed by atoms with van der Waals surface area (Å²) in [5, 5.41) is 12.7. The van der Waals surface area contributed by atoms with Gasteiger partial charge in [0.25, 0.3) is 0 Å². The van der Waals surface area contributed by atoms with Gasteiger partial charge in [-0.1, -0.05) is 50.3 Å². The molecule has 96 valence electrons. The largest absolute Gasteiger partial charge is 0.394 e. The van der Waals surface area contributed by atoms with Gasteiger partial charge >= 0.3 is 0 Å². The molecule has 1 rings (SSSR count). The molecule has 0 saturated heterocycles. The number of anilines is 1. The Hall–Kier alpha value is -1.02. The standard InChI is InChI=1S/C15H25NO/c1-3-4-5-6-7-15(12-17)16-14-10-8-13(2)9-11-14/h8-11,15-17H,3-7,12H2,1-2H3. The lowest BCUT2D eigenvalue weighted by atomic mass is 10.1. The normalized spacial score (nSPS) is 12.4. The van der Waals surface area contributed by atoms with Gasteiger partial charge in [0.1, 0.15) is 0 Å². The summed E-state index contributed by atoms with van der Waals surface area (Å²) in [6, 6.07) is 8.52. The van der Waals surface area contributed by atoms with Crippen molar-refractivity contribution in [2.24, 2.45) is 0 Å². The van der Waals surface area contributed by atoms with Crippen LogP contribution >= 0.6 is 0 Å². The van der Waals surface area contributed by atoms with E-state index in [1.54, 1.807) is 0 Å². The Kier molecular flexibility index (Phi) is 6.71. The number of nitrogens with one attached hydrogen (secondary N) is 1. The molecular formula is C15H25NO. The minimum atomic E-state index is 0.189. The zero-order valence-corrected chi connectivity index (χ0v) is 11.1. The van der Waals surface area contributed by atoms with Crippen LogP contribution in [-0.2, 0) is 0 Å². The van der Waals surface area contributed by atoms with E-state index < -0.39 is 0 Å². The molecule has 0 aromatic heterocycles. The van der Waals surface area contributed by atoms with Crippen LogP contribution in [0.2, 0.25) is 0 Å². The first kappa shape index (κ1) is 14.0. The summed E-state index contributed by atoms with van der Waals surface area (Å²) in [5.41, 5.74) is 2.36. The highest BCUT2D eigenvalue weighted by molar-refractivity contribution is 5.45. The Balaban J connectivity index is 2.33. The van der Waals surface area contributed by atoms with E-state index in [9.17, 15) is 5.11 Å². The molecule has 0 bridgehead atoms. The van der Waals surface area contributed by atoms with Crippen LogP contribution < -0.4 is 5.32 Å². The fourth-order valence-corrected chi connectivity index (χ4v) is 1.91. The summed E-state index contributed by atoms with van der Waals surface area (Å²) in [6.45, 7) is 4.51. The molecule has 0 heterocycles. The van der Waals surface area contributed by atoms with Crippen LogP contribution in [0.25, 0.3) is 0 Å². The van der Waals surface area contributed by atoms with Gasteiger partial charge in [-0.15, -0.1) is 0 Å². The topological polar surface area (TPSA) is 32.3 Å². The Morgan fingerprint density at radius 1 is 1.12 bits per heavy atom. The maximum Gasteiger partial charge on any atom is 0.0632 e. The van der Waals surface area contributed by atoms with Gasteiger partial charge in [-0.25, -0.2) is 0 Å². The molecule has 1 atom stereocenters. The number of hydrogen-bond donors (Lipinski definition) is 2. The molecule has 0 saturated carbocycles. The number of hydrogen-bond acceptors (Lipinski definition) is 2. The lowest BCUT2D eigenvalue weighted by molar-refractivity contribution is 0.266. The fraction of sp³-hybridized carbons (Fsp3) is 0.600. The van der Waals surface area contributed by atoms with Gasteiger partial charge < -0.3 is 10.4 Å². The smallest absolute Gasteiger partial charge is 0.0632 e. The van der Waals surface area contributed by atoms with Crippen molar-refractivity contribution in [2.75, 3.05) is 11.9 Å². The van der Waals surface area contributed by atoms with Gasteiger partial charge in [-0.05, 0) is 25.5 Å². The van der Waals surface area contributed by atoms with Crippen molar-refractivity contribution in [3.63, 3.8) is 0 Å². The van der Waals surface area contributed by atoms with Crippen molar-refractivity contribution in [1.29, 1.82) is 0 Å². The second-order valence-corrected chi connectivity index (χ2v) is 4.74. The average Bonchev–Trinajstić information content (AvgIpc) is 2.35. The van der Waals surface area contributed by atoms with E-state index in [0.717, 1.165) is 12.1 Å². The van der Waals surface area contributed by atoms with Gasteiger partial charge in [0.05, 0.1) is 6.61 Å². The highest BCUT2D eigenvalue weighted by atomic mass is 16.3. The quantitative estimate of drug-likeness (QED) is 0.673. The number of aliphatic hydroxyl groups excluding tert-OH is 1. The SMILES string of the molecule is CCCCCCC(CO)Nc1ccc(C)cc1. The first-order valence-electron chi connectivity index (χ1n) is 6.70. The van der Waals surface area contributed by atoms with Crippen LogP contribution in [0.4, 0.5) is 5.69 Å². The zero-order valence-electron chi connectivity index (χ0n) is 11.1. The molecule has 17 heavy (non-hydrogen) atoms. The second kappa shape index (κ2) is 8.13. The van der Waals surface area contributed by atoms with Crippen LogP contribution in [0.15, 0.2) is 24.3 Å². The van der Waals surface area contributed by atoms with Crippen molar-refractivity contribution in [3.05, 3.63) is 29.8 Å². The first-order chi connectivity index (χ1) is 8.26. The third kappa shape index (κ3) is 5.73. The highest BCUT2D eigenvalue weighted by Crippen LogP contribution is 2.13. The number of unbranched alkanes of at least 4 members (excludes halogenated alkanes) is 3. The van der Waals surface area contributed by atoms with Gasteiger partial charge in [0.2, 0.25) is 0 Å². The molecule has 0 aliphatic carbocycles. The Morgan fingerprint density at radius 2 is 1.82 bits per heavy atom. The maximum absolute atomic E-state index is 9.34. The van der Waals surface area contributed by atoms with Crippen LogP contribution in [0, 0.1) is 6.92 Å². The van der Waals surface area contributed by atoms with E-state index in [-0.39, 0.29) is 12.6 Å². The molecule has 0 aliphatic rings. The van der Waals surface area contributed by atoms with E-state index in [4.69, 9.17) is 0 Å². The van der Waals surface area contributed by atoms with Gasteiger partial charge in [0.15, 0.2) is 0 Å². The van der Waals surface area contributed by atoms with Crippen molar-refractivity contribution in [3.8, 4) is 0 Å². The van der Waals surface area contributed by atoms with Crippen LogP contribution in [0.1, 0.15) is 44.6 Å². The fourth-order valence-electron chi connectivity index (χ4n) is 1.91. The summed E-state index contributed by atoms with van der Waals surface area (Å²) in [7, 11) is 0. The number of rotatable bonds is 8. The lowest BCUT2D eigenvalue weighted by Gasteiger charge is -2.17. The molecule has 1 aromatic rings. The molecule has 1 aromatic carbocycles. The van der Waals surface area contributed by atoms with E-state index in [0.29, 0.717) is 0 Å². The predicted molar refractivity (Wildman–Crippen MR) is 74.4 cm³/mol.